The summed E-state index contributed by atoms with van der Waals surface area (Å²) in [6.07, 6.45) is 0.939. The van der Waals surface area contributed by atoms with E-state index in [9.17, 15) is 9.59 Å². The normalized spacial score (nSPS) is 11.9. The molecule has 1 atom stereocenters. The Labute approximate surface area is 158 Å². The van der Waals surface area contributed by atoms with E-state index in [-0.39, 0.29) is 10.7 Å². The van der Waals surface area contributed by atoms with Gasteiger partial charge < -0.3 is 10.1 Å². The molecule has 0 fully saturated rings. The van der Waals surface area contributed by atoms with Gasteiger partial charge in [-0.3, -0.25) is 9.48 Å². The van der Waals surface area contributed by atoms with Crippen molar-refractivity contribution >= 4 is 29.2 Å². The van der Waals surface area contributed by atoms with E-state index in [4.69, 9.17) is 16.3 Å². The fourth-order valence-electron chi connectivity index (χ4n) is 2.40. The van der Waals surface area contributed by atoms with Crippen LogP contribution in [0.1, 0.15) is 48.3 Å². The molecule has 0 aliphatic rings. The van der Waals surface area contributed by atoms with E-state index in [1.165, 1.54) is 6.92 Å². The number of aromatic nitrogens is 2. The molecule has 0 radical (unpaired) electrons. The number of nitrogens with one attached hydrogen (secondary N) is 1. The smallest absolute Gasteiger partial charge is 0.343 e. The number of hydrogen-bond acceptors (Lipinski definition) is 4. The molecule has 1 aromatic carbocycles. The third kappa shape index (κ3) is 4.85. The van der Waals surface area contributed by atoms with Crippen LogP contribution in [0.5, 0.6) is 0 Å². The third-order valence-electron chi connectivity index (χ3n) is 3.97. The Morgan fingerprint density at radius 1 is 1.27 bits per heavy atom. The number of halogens is 1. The monoisotopic (exact) mass is 377 g/mol. The van der Waals surface area contributed by atoms with Crippen molar-refractivity contribution in [2.45, 2.75) is 53.2 Å². The van der Waals surface area contributed by atoms with E-state index in [0.29, 0.717) is 17.9 Å². The Balaban J connectivity index is 2.03. The summed E-state index contributed by atoms with van der Waals surface area (Å²) >= 11 is 6.27. The van der Waals surface area contributed by atoms with Crippen LogP contribution in [-0.2, 0) is 16.1 Å². The Kier molecular flexibility index (Phi) is 6.80. The number of nitrogens with zero attached hydrogens (tertiary/aromatic N) is 2. The summed E-state index contributed by atoms with van der Waals surface area (Å²) in [5, 5.41) is 7.24. The van der Waals surface area contributed by atoms with Crippen LogP contribution >= 0.6 is 11.6 Å². The average molecular weight is 378 g/mol. The molecular formula is C19H24ClN3O3. The maximum Gasteiger partial charge on any atom is 0.343 e. The van der Waals surface area contributed by atoms with Gasteiger partial charge in [0, 0.05) is 12.2 Å². The van der Waals surface area contributed by atoms with Crippen molar-refractivity contribution in [3.8, 4) is 0 Å². The number of esters is 1. The van der Waals surface area contributed by atoms with E-state index in [1.54, 1.807) is 23.7 Å². The minimum Gasteiger partial charge on any atom is -0.449 e. The number of hydrogen-bond donors (Lipinski definition) is 1. The van der Waals surface area contributed by atoms with Crippen molar-refractivity contribution in [2.24, 2.45) is 0 Å². The highest BCUT2D eigenvalue weighted by atomic mass is 35.5. The average Bonchev–Trinajstić information content (AvgIpc) is 2.88. The summed E-state index contributed by atoms with van der Waals surface area (Å²) in [4.78, 5) is 24.7. The van der Waals surface area contributed by atoms with Crippen LogP contribution in [0.25, 0.3) is 0 Å². The third-order valence-corrected chi connectivity index (χ3v) is 4.35. The van der Waals surface area contributed by atoms with E-state index < -0.39 is 18.0 Å². The van der Waals surface area contributed by atoms with Gasteiger partial charge in [0.1, 0.15) is 10.7 Å². The molecule has 140 valence electrons. The minimum atomic E-state index is -0.960. The molecule has 0 unspecified atom stereocenters. The van der Waals surface area contributed by atoms with Crippen molar-refractivity contribution < 1.29 is 14.3 Å². The van der Waals surface area contributed by atoms with Crippen LogP contribution in [0.15, 0.2) is 24.3 Å². The Morgan fingerprint density at radius 3 is 2.54 bits per heavy atom. The zero-order chi connectivity index (χ0) is 19.3. The van der Waals surface area contributed by atoms with Crippen LogP contribution in [0.4, 0.5) is 5.69 Å². The molecule has 1 heterocycles. The summed E-state index contributed by atoms with van der Waals surface area (Å²) in [6.45, 7) is 7.87. The first kappa shape index (κ1) is 20.0. The fourth-order valence-corrected chi connectivity index (χ4v) is 2.73. The highest BCUT2D eigenvalue weighted by Crippen LogP contribution is 2.22. The molecule has 1 amide bonds. The van der Waals surface area contributed by atoms with Gasteiger partial charge in [0.2, 0.25) is 0 Å². The topological polar surface area (TPSA) is 73.2 Å². The summed E-state index contributed by atoms with van der Waals surface area (Å²) in [6, 6.07) is 7.36. The van der Waals surface area contributed by atoms with Gasteiger partial charge in [-0.25, -0.2) is 4.79 Å². The molecule has 7 heteroatoms. The molecule has 0 saturated carbocycles. The summed E-state index contributed by atoms with van der Waals surface area (Å²) in [5.41, 5.74) is 2.43. The van der Waals surface area contributed by atoms with Gasteiger partial charge in [0.05, 0.1) is 5.69 Å². The Morgan fingerprint density at radius 2 is 1.92 bits per heavy atom. The number of carbonyl (C=O) groups is 2. The first-order valence-corrected chi connectivity index (χ1v) is 9.02. The van der Waals surface area contributed by atoms with Crippen LogP contribution in [0.3, 0.4) is 0 Å². The highest BCUT2D eigenvalue weighted by molar-refractivity contribution is 6.32. The molecule has 0 spiro atoms. The molecule has 6 nitrogen and oxygen atoms in total. The van der Waals surface area contributed by atoms with Crippen LogP contribution in [0, 0.1) is 13.8 Å². The van der Waals surface area contributed by atoms with Crippen LogP contribution < -0.4 is 5.32 Å². The highest BCUT2D eigenvalue weighted by Gasteiger charge is 2.25. The van der Waals surface area contributed by atoms with Gasteiger partial charge in [0.15, 0.2) is 6.10 Å². The molecule has 2 aromatic rings. The quantitative estimate of drug-likeness (QED) is 0.736. The molecule has 2 rings (SSSR count). The molecule has 0 bridgehead atoms. The number of ether oxygens (including phenoxy) is 1. The maximum atomic E-state index is 12.4. The zero-order valence-corrected chi connectivity index (χ0v) is 16.3. The fraction of sp³-hybridized carbons (Fsp3) is 0.421. The maximum absolute atomic E-state index is 12.4. The summed E-state index contributed by atoms with van der Waals surface area (Å²) < 4.78 is 6.88. The minimum absolute atomic E-state index is 0.206. The zero-order valence-electron chi connectivity index (χ0n) is 15.5. The summed E-state index contributed by atoms with van der Waals surface area (Å²) in [7, 11) is 0. The second kappa shape index (κ2) is 8.85. The molecule has 0 aliphatic carbocycles. The largest absolute Gasteiger partial charge is 0.449 e. The molecule has 0 aliphatic heterocycles. The number of carbonyl (C=O) groups excluding carboxylic acids is 2. The molecule has 1 N–H and O–H groups in total. The lowest BCUT2D eigenvalue weighted by Crippen LogP contribution is -2.30. The second-order valence-electron chi connectivity index (χ2n) is 6.23. The van der Waals surface area contributed by atoms with Gasteiger partial charge in [-0.15, -0.1) is 0 Å². The van der Waals surface area contributed by atoms with Crippen molar-refractivity contribution in [3.05, 3.63) is 46.2 Å². The lowest BCUT2D eigenvalue weighted by Gasteiger charge is -2.13. The Hall–Kier alpha value is -2.34. The van der Waals surface area contributed by atoms with E-state index >= 15 is 0 Å². The predicted octanol–water partition coefficient (Wildman–Crippen LogP) is 4.14. The molecule has 0 saturated heterocycles. The van der Waals surface area contributed by atoms with Gasteiger partial charge in [-0.05, 0) is 39.3 Å². The van der Waals surface area contributed by atoms with E-state index in [0.717, 1.165) is 18.4 Å². The standard InChI is InChI=1S/C19H24ClN3O3/c1-5-6-11-23-17(20)16(13(3)22-23)19(25)26-14(4)18(24)21-15-9-7-12(2)8-10-15/h7-10,14H,5-6,11H2,1-4H3,(H,21,24)/t14-/m1/s1. The lowest BCUT2D eigenvalue weighted by atomic mass is 10.2. The number of amides is 1. The van der Waals surface area contributed by atoms with Crippen molar-refractivity contribution in [1.29, 1.82) is 0 Å². The second-order valence-corrected chi connectivity index (χ2v) is 6.59. The van der Waals surface area contributed by atoms with Crippen LogP contribution in [-0.4, -0.2) is 27.8 Å². The van der Waals surface area contributed by atoms with Crippen molar-refractivity contribution in [2.75, 3.05) is 5.32 Å². The Bertz CT molecular complexity index is 784. The van der Waals surface area contributed by atoms with Crippen molar-refractivity contribution in [1.82, 2.24) is 9.78 Å². The molecular weight excluding hydrogens is 354 g/mol. The first-order valence-electron chi connectivity index (χ1n) is 8.64. The number of rotatable bonds is 7. The van der Waals surface area contributed by atoms with E-state index in [2.05, 4.69) is 17.3 Å². The summed E-state index contributed by atoms with van der Waals surface area (Å²) in [5.74, 6) is -1.06. The number of anilines is 1. The van der Waals surface area contributed by atoms with Crippen LogP contribution in [0.2, 0.25) is 5.15 Å². The van der Waals surface area contributed by atoms with Crippen molar-refractivity contribution in [3.63, 3.8) is 0 Å². The van der Waals surface area contributed by atoms with Gasteiger partial charge in [0.25, 0.3) is 5.91 Å². The van der Waals surface area contributed by atoms with Gasteiger partial charge >= 0.3 is 5.97 Å². The molecule has 1 aromatic heterocycles. The number of benzene rings is 1. The first-order chi connectivity index (χ1) is 12.3. The van der Waals surface area contributed by atoms with E-state index in [1.807, 2.05) is 19.1 Å². The number of aryl methyl sites for hydroxylation is 3. The number of unbranched alkanes of at least 4 members (excludes halogenated alkanes) is 1. The van der Waals surface area contributed by atoms with Gasteiger partial charge in [-0.2, -0.15) is 5.10 Å². The SMILES string of the molecule is CCCCn1nc(C)c(C(=O)O[C@H](C)C(=O)Nc2ccc(C)cc2)c1Cl. The van der Waals surface area contributed by atoms with Gasteiger partial charge in [-0.1, -0.05) is 42.6 Å². The predicted molar refractivity (Wildman–Crippen MR) is 102 cm³/mol. The lowest BCUT2D eigenvalue weighted by molar-refractivity contribution is -0.123. The molecule has 26 heavy (non-hydrogen) atoms.